The number of aromatic nitrogens is 2. The summed E-state index contributed by atoms with van der Waals surface area (Å²) in [5.41, 5.74) is 4.73. The highest BCUT2D eigenvalue weighted by atomic mass is 16.3. The summed E-state index contributed by atoms with van der Waals surface area (Å²) in [5, 5.41) is 20.6. The van der Waals surface area contributed by atoms with E-state index in [1.54, 1.807) is 0 Å². The molecule has 118 valence electrons. The van der Waals surface area contributed by atoms with E-state index in [4.69, 9.17) is 0 Å². The number of aromatic amines is 1. The Balaban J connectivity index is 1.58. The second kappa shape index (κ2) is 7.07. The number of hydrogen-bond donors (Lipinski definition) is 3. The monoisotopic (exact) mass is 299 g/mol. The lowest BCUT2D eigenvalue weighted by Crippen LogP contribution is -2.28. The lowest BCUT2D eigenvalue weighted by Gasteiger charge is -2.26. The van der Waals surface area contributed by atoms with Crippen molar-refractivity contribution in [3.63, 3.8) is 0 Å². The van der Waals surface area contributed by atoms with Crippen LogP contribution in [-0.4, -0.2) is 28.0 Å². The zero-order valence-electron chi connectivity index (χ0n) is 13.2. The van der Waals surface area contributed by atoms with Crippen LogP contribution in [0.1, 0.15) is 36.8 Å². The highest BCUT2D eigenvalue weighted by Gasteiger charge is 2.19. The van der Waals surface area contributed by atoms with E-state index >= 15 is 0 Å². The molecular formula is C18H25N3O. The second-order valence-electron chi connectivity index (χ2n) is 6.46. The normalized spacial score (nSPS) is 21.9. The quantitative estimate of drug-likeness (QED) is 0.795. The molecule has 2 unspecified atom stereocenters. The van der Waals surface area contributed by atoms with Gasteiger partial charge in [0.25, 0.3) is 0 Å². The van der Waals surface area contributed by atoms with Gasteiger partial charge in [-0.25, -0.2) is 0 Å². The Morgan fingerprint density at radius 3 is 3.09 bits per heavy atom. The van der Waals surface area contributed by atoms with Crippen molar-refractivity contribution < 1.29 is 5.11 Å². The number of nitrogens with zero attached hydrogens (tertiary/aromatic N) is 1. The van der Waals surface area contributed by atoms with Gasteiger partial charge in [0.05, 0.1) is 18.0 Å². The highest BCUT2D eigenvalue weighted by molar-refractivity contribution is 5.63. The Morgan fingerprint density at radius 1 is 1.36 bits per heavy atom. The van der Waals surface area contributed by atoms with Crippen LogP contribution < -0.4 is 5.32 Å². The van der Waals surface area contributed by atoms with Crippen LogP contribution in [0.25, 0.3) is 11.3 Å². The zero-order chi connectivity index (χ0) is 15.4. The van der Waals surface area contributed by atoms with Gasteiger partial charge in [-0.1, -0.05) is 30.2 Å². The second-order valence-corrected chi connectivity index (χ2v) is 6.46. The van der Waals surface area contributed by atoms with E-state index in [0.29, 0.717) is 5.92 Å². The molecule has 0 bridgehead atoms. The third-order valence-corrected chi connectivity index (χ3v) is 4.53. The van der Waals surface area contributed by atoms with Crippen molar-refractivity contribution in [2.45, 2.75) is 45.3 Å². The average Bonchev–Trinajstić information content (AvgIpc) is 2.96. The number of aliphatic hydroxyl groups excluding tert-OH is 1. The van der Waals surface area contributed by atoms with Crippen molar-refractivity contribution in [3.8, 4) is 11.3 Å². The Morgan fingerprint density at radius 2 is 2.27 bits per heavy atom. The molecule has 0 radical (unpaired) electrons. The van der Waals surface area contributed by atoms with E-state index in [-0.39, 0.29) is 6.10 Å². The molecule has 1 aliphatic rings. The fourth-order valence-electron chi connectivity index (χ4n) is 3.35. The number of nitrogens with one attached hydrogen (secondary N) is 2. The lowest BCUT2D eigenvalue weighted by molar-refractivity contribution is 0.101. The number of rotatable bonds is 5. The molecule has 1 fully saturated rings. The molecule has 3 N–H and O–H groups in total. The molecule has 0 spiro atoms. The lowest BCUT2D eigenvalue weighted by atomic mass is 9.87. The molecule has 0 aliphatic heterocycles. The van der Waals surface area contributed by atoms with E-state index in [2.05, 4.69) is 46.7 Å². The van der Waals surface area contributed by atoms with Crippen molar-refractivity contribution >= 4 is 0 Å². The van der Waals surface area contributed by atoms with Gasteiger partial charge in [0.1, 0.15) is 0 Å². The number of aryl methyl sites for hydroxylation is 1. The van der Waals surface area contributed by atoms with Gasteiger partial charge >= 0.3 is 0 Å². The first-order valence-corrected chi connectivity index (χ1v) is 8.20. The van der Waals surface area contributed by atoms with Gasteiger partial charge in [-0.15, -0.1) is 0 Å². The molecule has 22 heavy (non-hydrogen) atoms. The molecular weight excluding hydrogens is 274 g/mol. The number of hydrogen-bond acceptors (Lipinski definition) is 3. The minimum absolute atomic E-state index is 0.0997. The SMILES string of the molecule is Cc1cccc(-c2[nH]ncc2CNCC2CCCC(O)C2)c1. The summed E-state index contributed by atoms with van der Waals surface area (Å²) in [5.74, 6) is 0.595. The van der Waals surface area contributed by atoms with Crippen LogP contribution in [0.5, 0.6) is 0 Å². The van der Waals surface area contributed by atoms with Crippen molar-refractivity contribution in [1.29, 1.82) is 0 Å². The minimum Gasteiger partial charge on any atom is -0.393 e. The van der Waals surface area contributed by atoms with Crippen molar-refractivity contribution in [3.05, 3.63) is 41.6 Å². The smallest absolute Gasteiger partial charge is 0.0695 e. The minimum atomic E-state index is -0.0997. The molecule has 2 atom stereocenters. The van der Waals surface area contributed by atoms with Gasteiger partial charge in [-0.05, 0) is 44.7 Å². The first-order valence-electron chi connectivity index (χ1n) is 8.20. The highest BCUT2D eigenvalue weighted by Crippen LogP contribution is 2.24. The van der Waals surface area contributed by atoms with E-state index < -0.39 is 0 Å². The van der Waals surface area contributed by atoms with Crippen molar-refractivity contribution in [2.24, 2.45) is 5.92 Å². The van der Waals surface area contributed by atoms with Crippen LogP contribution in [0.15, 0.2) is 30.5 Å². The maximum atomic E-state index is 9.74. The molecule has 1 saturated carbocycles. The van der Waals surface area contributed by atoms with Crippen LogP contribution in [0, 0.1) is 12.8 Å². The van der Waals surface area contributed by atoms with Gasteiger partial charge < -0.3 is 10.4 Å². The molecule has 0 saturated heterocycles. The van der Waals surface area contributed by atoms with Gasteiger partial charge in [0.15, 0.2) is 0 Å². The summed E-state index contributed by atoms with van der Waals surface area (Å²) >= 11 is 0. The van der Waals surface area contributed by atoms with Crippen LogP contribution in [0.2, 0.25) is 0 Å². The fraction of sp³-hybridized carbons (Fsp3) is 0.500. The third kappa shape index (κ3) is 3.76. The predicted octanol–water partition coefficient (Wildman–Crippen LogP) is 3.03. The largest absolute Gasteiger partial charge is 0.393 e. The maximum Gasteiger partial charge on any atom is 0.0695 e. The summed E-state index contributed by atoms with van der Waals surface area (Å²) < 4.78 is 0. The summed E-state index contributed by atoms with van der Waals surface area (Å²) in [4.78, 5) is 0. The summed E-state index contributed by atoms with van der Waals surface area (Å²) in [7, 11) is 0. The van der Waals surface area contributed by atoms with Crippen LogP contribution in [-0.2, 0) is 6.54 Å². The van der Waals surface area contributed by atoms with E-state index in [0.717, 1.165) is 38.0 Å². The van der Waals surface area contributed by atoms with E-state index in [1.165, 1.54) is 23.1 Å². The predicted molar refractivity (Wildman–Crippen MR) is 88.4 cm³/mol. The molecule has 2 aromatic rings. The van der Waals surface area contributed by atoms with Gasteiger partial charge in [0.2, 0.25) is 0 Å². The molecule has 3 rings (SSSR count). The Hall–Kier alpha value is -1.65. The molecule has 1 aliphatic carbocycles. The summed E-state index contributed by atoms with van der Waals surface area (Å²) in [6, 6.07) is 8.47. The third-order valence-electron chi connectivity index (χ3n) is 4.53. The van der Waals surface area contributed by atoms with E-state index in [1.807, 2.05) is 6.20 Å². The Labute approximate surface area is 132 Å². The summed E-state index contributed by atoms with van der Waals surface area (Å²) in [6.45, 7) is 3.88. The van der Waals surface area contributed by atoms with Gasteiger partial charge in [-0.2, -0.15) is 5.10 Å². The van der Waals surface area contributed by atoms with Crippen molar-refractivity contribution in [1.82, 2.24) is 15.5 Å². The number of benzene rings is 1. The first kappa shape index (κ1) is 15.3. The maximum absolute atomic E-state index is 9.74. The van der Waals surface area contributed by atoms with Crippen LogP contribution in [0.3, 0.4) is 0 Å². The topological polar surface area (TPSA) is 60.9 Å². The Kier molecular flexibility index (Phi) is 4.90. The summed E-state index contributed by atoms with van der Waals surface area (Å²) in [6.07, 6.45) is 6.07. The van der Waals surface area contributed by atoms with Crippen LogP contribution >= 0.6 is 0 Å². The van der Waals surface area contributed by atoms with Gasteiger partial charge in [-0.3, -0.25) is 5.10 Å². The number of aliphatic hydroxyl groups is 1. The molecule has 4 heteroatoms. The van der Waals surface area contributed by atoms with Gasteiger partial charge in [0, 0.05) is 17.7 Å². The molecule has 1 aromatic heterocycles. The molecule has 1 heterocycles. The molecule has 4 nitrogen and oxygen atoms in total. The Bertz CT molecular complexity index is 608. The zero-order valence-corrected chi connectivity index (χ0v) is 13.2. The standard InChI is InChI=1S/C18H25N3O/c1-13-4-2-6-15(8-13)18-16(12-20-21-18)11-19-10-14-5-3-7-17(22)9-14/h2,4,6,8,12,14,17,19,22H,3,5,7,9-11H2,1H3,(H,20,21). The van der Waals surface area contributed by atoms with Crippen molar-refractivity contribution in [2.75, 3.05) is 6.54 Å². The van der Waals surface area contributed by atoms with Crippen LogP contribution in [0.4, 0.5) is 0 Å². The van der Waals surface area contributed by atoms with E-state index in [9.17, 15) is 5.11 Å². The fourth-order valence-corrected chi connectivity index (χ4v) is 3.35. The molecule has 1 aromatic carbocycles. The average molecular weight is 299 g/mol. The number of H-pyrrole nitrogens is 1. The molecule has 0 amide bonds. The first-order chi connectivity index (χ1) is 10.7.